The van der Waals surface area contributed by atoms with E-state index in [4.69, 9.17) is 11.6 Å². The number of carbonyl (C=O) groups is 1. The van der Waals surface area contributed by atoms with Gasteiger partial charge in [-0.15, -0.1) is 0 Å². The number of carbonyl (C=O) groups excluding carboxylic acids is 1. The average Bonchev–Trinajstić information content (AvgIpc) is 2.68. The standard InChI is InChI=1S/C23H22ClNO/c24-19-11-13-20(14-12-19)25-23(21-7-3-4-8-22(21)26)18-10-9-16-5-1-2-6-17(16)15-18/h1-2,5-6,9-15,21,23,25H,3-4,7-8H2/t21-,23-/m0/s1. The van der Waals surface area contributed by atoms with Gasteiger partial charge < -0.3 is 5.32 Å². The number of ketones is 1. The summed E-state index contributed by atoms with van der Waals surface area (Å²) in [6.07, 6.45) is 3.76. The van der Waals surface area contributed by atoms with Gasteiger partial charge >= 0.3 is 0 Å². The second kappa shape index (κ2) is 7.51. The summed E-state index contributed by atoms with van der Waals surface area (Å²) in [5.74, 6) is 0.386. The van der Waals surface area contributed by atoms with Gasteiger partial charge in [-0.1, -0.05) is 54.4 Å². The van der Waals surface area contributed by atoms with Gasteiger partial charge in [0.15, 0.2) is 0 Å². The third-order valence-electron chi connectivity index (χ3n) is 5.30. The molecule has 0 saturated heterocycles. The van der Waals surface area contributed by atoms with Crippen LogP contribution in [0, 0.1) is 5.92 Å². The van der Waals surface area contributed by atoms with E-state index in [1.54, 1.807) is 0 Å². The Balaban J connectivity index is 1.72. The third-order valence-corrected chi connectivity index (χ3v) is 5.56. The Bertz CT molecular complexity index is 919. The maximum atomic E-state index is 12.7. The van der Waals surface area contributed by atoms with Gasteiger partial charge in [-0.2, -0.15) is 0 Å². The van der Waals surface area contributed by atoms with Crippen molar-refractivity contribution in [3.63, 3.8) is 0 Å². The number of nitrogens with one attached hydrogen (secondary N) is 1. The first-order valence-electron chi connectivity index (χ1n) is 9.24. The molecule has 3 aromatic carbocycles. The lowest BCUT2D eigenvalue weighted by molar-refractivity contribution is -0.125. The van der Waals surface area contributed by atoms with E-state index in [9.17, 15) is 4.79 Å². The Kier molecular flexibility index (Phi) is 4.94. The highest BCUT2D eigenvalue weighted by Crippen LogP contribution is 2.36. The smallest absolute Gasteiger partial charge is 0.138 e. The summed E-state index contributed by atoms with van der Waals surface area (Å²) < 4.78 is 0. The average molecular weight is 364 g/mol. The molecule has 0 aromatic heterocycles. The van der Waals surface area contributed by atoms with Gasteiger partial charge in [0.05, 0.1) is 6.04 Å². The normalized spacial score (nSPS) is 18.7. The monoisotopic (exact) mass is 363 g/mol. The van der Waals surface area contributed by atoms with E-state index in [1.807, 2.05) is 24.3 Å². The molecule has 2 atom stereocenters. The summed E-state index contributed by atoms with van der Waals surface area (Å²) >= 11 is 6.02. The number of benzene rings is 3. The van der Waals surface area contributed by atoms with Gasteiger partial charge in [-0.25, -0.2) is 0 Å². The largest absolute Gasteiger partial charge is 0.378 e. The Morgan fingerprint density at radius 3 is 2.46 bits per heavy atom. The Morgan fingerprint density at radius 2 is 1.69 bits per heavy atom. The fourth-order valence-electron chi connectivity index (χ4n) is 3.91. The first kappa shape index (κ1) is 17.1. The van der Waals surface area contributed by atoms with Crippen molar-refractivity contribution in [1.82, 2.24) is 0 Å². The van der Waals surface area contributed by atoms with Crippen molar-refractivity contribution in [2.75, 3.05) is 5.32 Å². The second-order valence-corrected chi connectivity index (χ2v) is 7.49. The Hall–Kier alpha value is -2.32. The maximum Gasteiger partial charge on any atom is 0.138 e. The molecule has 3 aromatic rings. The molecule has 2 nitrogen and oxygen atoms in total. The van der Waals surface area contributed by atoms with E-state index in [2.05, 4.69) is 47.8 Å². The van der Waals surface area contributed by atoms with Crippen LogP contribution < -0.4 is 5.32 Å². The van der Waals surface area contributed by atoms with Gasteiger partial charge in [0.25, 0.3) is 0 Å². The molecule has 132 valence electrons. The summed E-state index contributed by atoms with van der Waals surface area (Å²) in [7, 11) is 0. The molecule has 3 heteroatoms. The molecule has 1 N–H and O–H groups in total. The van der Waals surface area contributed by atoms with Crippen molar-refractivity contribution in [2.45, 2.75) is 31.7 Å². The lowest BCUT2D eigenvalue weighted by atomic mass is 9.79. The van der Waals surface area contributed by atoms with Gasteiger partial charge in [-0.05, 0) is 59.5 Å². The molecule has 0 amide bonds. The fraction of sp³-hybridized carbons (Fsp3) is 0.261. The van der Waals surface area contributed by atoms with Crippen LogP contribution in [0.1, 0.15) is 37.3 Å². The number of Topliss-reactive ketones (excluding diaryl/α,β-unsaturated/α-hetero) is 1. The van der Waals surface area contributed by atoms with E-state index < -0.39 is 0 Å². The molecular weight excluding hydrogens is 342 g/mol. The van der Waals surface area contributed by atoms with E-state index in [1.165, 1.54) is 16.3 Å². The van der Waals surface area contributed by atoms with E-state index in [0.717, 1.165) is 24.9 Å². The van der Waals surface area contributed by atoms with Gasteiger partial charge in [0, 0.05) is 23.0 Å². The van der Waals surface area contributed by atoms with Crippen LogP contribution in [0.5, 0.6) is 0 Å². The highest BCUT2D eigenvalue weighted by Gasteiger charge is 2.31. The Morgan fingerprint density at radius 1 is 0.923 bits per heavy atom. The molecule has 1 aliphatic rings. The molecular formula is C23H22ClNO. The van der Waals surface area contributed by atoms with Crippen molar-refractivity contribution in [3.05, 3.63) is 77.3 Å². The first-order valence-corrected chi connectivity index (χ1v) is 9.62. The van der Waals surface area contributed by atoms with Crippen LogP contribution in [-0.4, -0.2) is 5.78 Å². The minimum atomic E-state index is -0.0198. The third kappa shape index (κ3) is 3.61. The highest BCUT2D eigenvalue weighted by atomic mass is 35.5. The Labute approximate surface area is 159 Å². The van der Waals surface area contributed by atoms with Crippen molar-refractivity contribution in [3.8, 4) is 0 Å². The number of fused-ring (bicyclic) bond motifs is 1. The number of halogens is 1. The second-order valence-electron chi connectivity index (χ2n) is 7.05. The minimum absolute atomic E-state index is 0.0144. The maximum absolute atomic E-state index is 12.7. The predicted octanol–water partition coefficient (Wildman–Crippen LogP) is 6.41. The SMILES string of the molecule is O=C1CCCC[C@@H]1[C@@H](Nc1ccc(Cl)cc1)c1ccc2ccccc2c1. The summed E-state index contributed by atoms with van der Waals surface area (Å²) in [6, 6.07) is 22.6. The molecule has 1 aliphatic carbocycles. The van der Waals surface area contributed by atoms with Crippen LogP contribution >= 0.6 is 11.6 Å². The van der Waals surface area contributed by atoms with Crippen LogP contribution in [0.4, 0.5) is 5.69 Å². The summed E-state index contributed by atoms with van der Waals surface area (Å²) in [5.41, 5.74) is 2.16. The van der Waals surface area contributed by atoms with Crippen molar-refractivity contribution in [2.24, 2.45) is 5.92 Å². The predicted molar refractivity (Wildman–Crippen MR) is 109 cm³/mol. The van der Waals surface area contributed by atoms with Crippen LogP contribution in [0.3, 0.4) is 0 Å². The summed E-state index contributed by atoms with van der Waals surface area (Å²) in [4.78, 5) is 12.7. The van der Waals surface area contributed by atoms with Gasteiger partial charge in [0.2, 0.25) is 0 Å². The topological polar surface area (TPSA) is 29.1 Å². The molecule has 0 aliphatic heterocycles. The van der Waals surface area contributed by atoms with Crippen molar-refractivity contribution in [1.29, 1.82) is 0 Å². The van der Waals surface area contributed by atoms with Crippen LogP contribution in [0.25, 0.3) is 10.8 Å². The zero-order valence-electron chi connectivity index (χ0n) is 14.6. The molecule has 0 unspecified atom stereocenters. The molecule has 26 heavy (non-hydrogen) atoms. The molecule has 0 heterocycles. The summed E-state index contributed by atoms with van der Waals surface area (Å²) in [5, 5.41) is 6.75. The molecule has 0 radical (unpaired) electrons. The minimum Gasteiger partial charge on any atom is -0.378 e. The van der Waals surface area contributed by atoms with Crippen LogP contribution in [0.2, 0.25) is 5.02 Å². The van der Waals surface area contributed by atoms with Crippen LogP contribution in [0.15, 0.2) is 66.7 Å². The molecule has 0 spiro atoms. The number of hydrogen-bond donors (Lipinski definition) is 1. The molecule has 1 saturated carbocycles. The summed E-state index contributed by atoms with van der Waals surface area (Å²) in [6.45, 7) is 0. The van der Waals surface area contributed by atoms with E-state index >= 15 is 0 Å². The van der Waals surface area contributed by atoms with Crippen molar-refractivity contribution < 1.29 is 4.79 Å². The van der Waals surface area contributed by atoms with Gasteiger partial charge in [-0.3, -0.25) is 4.79 Å². The zero-order valence-corrected chi connectivity index (χ0v) is 15.4. The number of hydrogen-bond acceptors (Lipinski definition) is 2. The van der Waals surface area contributed by atoms with E-state index in [-0.39, 0.29) is 12.0 Å². The fourth-order valence-corrected chi connectivity index (χ4v) is 4.03. The lowest BCUT2D eigenvalue weighted by Crippen LogP contribution is -2.30. The van der Waals surface area contributed by atoms with Gasteiger partial charge in [0.1, 0.15) is 5.78 Å². The van der Waals surface area contributed by atoms with Crippen LogP contribution in [-0.2, 0) is 4.79 Å². The lowest BCUT2D eigenvalue weighted by Gasteiger charge is -2.31. The zero-order chi connectivity index (χ0) is 17.9. The highest BCUT2D eigenvalue weighted by molar-refractivity contribution is 6.30. The molecule has 0 bridgehead atoms. The number of anilines is 1. The number of rotatable bonds is 4. The van der Waals surface area contributed by atoms with Crippen molar-refractivity contribution >= 4 is 33.8 Å². The first-order chi connectivity index (χ1) is 12.7. The molecule has 4 rings (SSSR count). The molecule has 1 fully saturated rings. The van der Waals surface area contributed by atoms with E-state index in [0.29, 0.717) is 17.2 Å². The quantitative estimate of drug-likeness (QED) is 0.580.